The van der Waals surface area contributed by atoms with Crippen LogP contribution in [0.2, 0.25) is 0 Å². The average molecular weight is 383 g/mol. The Morgan fingerprint density at radius 2 is 2.19 bits per heavy atom. The van der Waals surface area contributed by atoms with Crippen molar-refractivity contribution in [2.75, 3.05) is 19.3 Å². The Balaban J connectivity index is 2.08. The number of H-pyrrole nitrogens is 1. The maximum Gasteiger partial charge on any atom is 0.270 e. The summed E-state index contributed by atoms with van der Waals surface area (Å²) in [5, 5.41) is 10.0. The molecule has 1 aliphatic heterocycles. The second kappa shape index (κ2) is 8.28. The molecule has 1 aromatic heterocycles. The van der Waals surface area contributed by atoms with Gasteiger partial charge in [0.2, 0.25) is 0 Å². The molecule has 5 nitrogen and oxygen atoms in total. The highest BCUT2D eigenvalue weighted by molar-refractivity contribution is 7.98. The third-order valence-electron chi connectivity index (χ3n) is 5.25. The number of aromatic amines is 1. The van der Waals surface area contributed by atoms with Gasteiger partial charge in [-0.05, 0) is 62.6 Å². The maximum absolute atomic E-state index is 12.3. The highest BCUT2D eigenvalue weighted by Crippen LogP contribution is 2.30. The molecule has 0 amide bonds. The van der Waals surface area contributed by atoms with Gasteiger partial charge in [0.15, 0.2) is 5.16 Å². The molecule has 0 spiro atoms. The zero-order valence-electron chi connectivity index (χ0n) is 16.4. The van der Waals surface area contributed by atoms with Gasteiger partial charge in [0, 0.05) is 18.7 Å². The zero-order chi connectivity index (χ0) is 19.6. The highest BCUT2D eigenvalue weighted by atomic mass is 32.2. The Hall–Kier alpha value is -2.10. The molecule has 6 heteroatoms. The molecule has 1 unspecified atom stereocenters. The van der Waals surface area contributed by atoms with E-state index in [0.717, 1.165) is 42.2 Å². The first-order chi connectivity index (χ1) is 12.9. The number of hydrogen-bond donors (Lipinski definition) is 1. The summed E-state index contributed by atoms with van der Waals surface area (Å²) < 4.78 is 0. The van der Waals surface area contributed by atoms with Gasteiger partial charge in [-0.2, -0.15) is 5.26 Å². The molecule has 0 saturated carbocycles. The van der Waals surface area contributed by atoms with Crippen molar-refractivity contribution in [2.24, 2.45) is 5.92 Å². The van der Waals surface area contributed by atoms with Crippen LogP contribution in [0, 0.1) is 31.1 Å². The second-order valence-electron chi connectivity index (χ2n) is 7.49. The molecule has 3 rings (SSSR count). The number of likely N-dealkylation sites (tertiary alicyclic amines) is 1. The number of aromatic nitrogens is 2. The lowest BCUT2D eigenvalue weighted by molar-refractivity contribution is 0.176. The zero-order valence-corrected chi connectivity index (χ0v) is 17.2. The number of hydrogen-bond acceptors (Lipinski definition) is 5. The molecule has 1 N–H and O–H groups in total. The van der Waals surface area contributed by atoms with E-state index < -0.39 is 0 Å². The van der Waals surface area contributed by atoms with Crippen molar-refractivity contribution in [3.63, 3.8) is 0 Å². The molecule has 0 radical (unpaired) electrons. The van der Waals surface area contributed by atoms with Gasteiger partial charge in [-0.1, -0.05) is 30.3 Å². The van der Waals surface area contributed by atoms with Crippen molar-refractivity contribution >= 4 is 11.8 Å². The van der Waals surface area contributed by atoms with Crippen molar-refractivity contribution in [3.8, 4) is 17.3 Å². The van der Waals surface area contributed by atoms with Gasteiger partial charge in [0.25, 0.3) is 5.56 Å². The Morgan fingerprint density at radius 3 is 2.85 bits per heavy atom. The van der Waals surface area contributed by atoms with Crippen molar-refractivity contribution in [1.29, 1.82) is 5.26 Å². The van der Waals surface area contributed by atoms with Crippen LogP contribution in [0.25, 0.3) is 11.3 Å². The molecule has 2 aromatic rings. The lowest BCUT2D eigenvalue weighted by Crippen LogP contribution is -2.34. The van der Waals surface area contributed by atoms with E-state index in [4.69, 9.17) is 0 Å². The van der Waals surface area contributed by atoms with E-state index in [2.05, 4.69) is 41.7 Å². The van der Waals surface area contributed by atoms with E-state index in [1.165, 1.54) is 30.2 Å². The molecular weight excluding hydrogens is 356 g/mol. The van der Waals surface area contributed by atoms with Gasteiger partial charge in [-0.3, -0.25) is 9.69 Å². The Kier molecular flexibility index (Phi) is 6.03. The molecule has 142 valence electrons. The first-order valence-corrected chi connectivity index (χ1v) is 10.6. The van der Waals surface area contributed by atoms with E-state index in [1.807, 2.05) is 18.4 Å². The Morgan fingerprint density at radius 1 is 1.41 bits per heavy atom. The van der Waals surface area contributed by atoms with E-state index in [9.17, 15) is 10.1 Å². The van der Waals surface area contributed by atoms with Gasteiger partial charge < -0.3 is 4.98 Å². The predicted molar refractivity (Wildman–Crippen MR) is 110 cm³/mol. The molecule has 1 saturated heterocycles. The van der Waals surface area contributed by atoms with E-state index in [1.54, 1.807) is 0 Å². The van der Waals surface area contributed by atoms with Crippen molar-refractivity contribution in [1.82, 2.24) is 14.9 Å². The Labute approximate surface area is 164 Å². The van der Waals surface area contributed by atoms with Crippen LogP contribution in [0.1, 0.15) is 42.0 Å². The average Bonchev–Trinajstić information content (AvgIpc) is 2.63. The van der Waals surface area contributed by atoms with E-state index >= 15 is 0 Å². The summed E-state index contributed by atoms with van der Waals surface area (Å²) in [7, 11) is 0. The monoisotopic (exact) mass is 382 g/mol. The molecule has 27 heavy (non-hydrogen) atoms. The fourth-order valence-corrected chi connectivity index (χ4v) is 4.24. The quantitative estimate of drug-likeness (QED) is 0.642. The minimum absolute atomic E-state index is 0.0824. The van der Waals surface area contributed by atoms with Crippen LogP contribution in [0.15, 0.2) is 22.1 Å². The topological polar surface area (TPSA) is 72.8 Å². The summed E-state index contributed by atoms with van der Waals surface area (Å²) >= 11 is 1.37. The van der Waals surface area contributed by atoms with Crippen LogP contribution < -0.4 is 5.56 Å². The number of aryl methyl sites for hydroxylation is 1. The van der Waals surface area contributed by atoms with Gasteiger partial charge in [-0.15, -0.1) is 0 Å². The van der Waals surface area contributed by atoms with Gasteiger partial charge in [-0.25, -0.2) is 4.98 Å². The second-order valence-corrected chi connectivity index (χ2v) is 8.28. The first-order valence-electron chi connectivity index (χ1n) is 9.34. The summed E-state index contributed by atoms with van der Waals surface area (Å²) in [4.78, 5) is 22.1. The predicted octanol–water partition coefficient (Wildman–Crippen LogP) is 3.88. The fourth-order valence-electron chi connectivity index (χ4n) is 3.86. The van der Waals surface area contributed by atoms with Crippen LogP contribution in [-0.4, -0.2) is 34.2 Å². The molecule has 1 atom stereocenters. The van der Waals surface area contributed by atoms with E-state index in [-0.39, 0.29) is 11.1 Å². The third-order valence-corrected chi connectivity index (χ3v) is 5.83. The highest BCUT2D eigenvalue weighted by Gasteiger charge is 2.20. The summed E-state index contributed by atoms with van der Waals surface area (Å²) in [6, 6.07) is 6.29. The number of piperidine rings is 1. The van der Waals surface area contributed by atoms with Crippen LogP contribution in [0.4, 0.5) is 0 Å². The lowest BCUT2D eigenvalue weighted by Gasteiger charge is -2.31. The minimum atomic E-state index is -0.376. The number of benzene rings is 1. The molecule has 0 aliphatic carbocycles. The molecule has 1 aliphatic rings. The minimum Gasteiger partial charge on any atom is -0.300 e. The van der Waals surface area contributed by atoms with Gasteiger partial charge in [0.1, 0.15) is 11.6 Å². The molecule has 1 aromatic carbocycles. The van der Waals surface area contributed by atoms with Crippen LogP contribution in [-0.2, 0) is 6.54 Å². The molecule has 1 fully saturated rings. The lowest BCUT2D eigenvalue weighted by atomic mass is 9.94. The summed E-state index contributed by atoms with van der Waals surface area (Å²) in [6.07, 6.45) is 4.40. The SMILES string of the molecule is CSc1nc(-c2cc(C)cc(CN3CCCC(C)C3)c2C)c(C#N)c(=O)[nH]1. The largest absolute Gasteiger partial charge is 0.300 e. The van der Waals surface area contributed by atoms with Crippen molar-refractivity contribution < 1.29 is 0 Å². The standard InChI is InChI=1S/C21H26N4OS/c1-13-6-5-7-25(11-13)12-16-8-14(2)9-17(15(16)3)19-18(10-22)20(26)24-21(23-19)27-4/h8-9,13H,5-7,11-12H2,1-4H3,(H,23,24,26). The van der Waals surface area contributed by atoms with Crippen molar-refractivity contribution in [3.05, 3.63) is 44.7 Å². The summed E-state index contributed by atoms with van der Waals surface area (Å²) in [6.45, 7) is 9.57. The Bertz CT molecular complexity index is 944. The molecular formula is C21H26N4OS. The van der Waals surface area contributed by atoms with Crippen LogP contribution in [0.3, 0.4) is 0 Å². The maximum atomic E-state index is 12.3. The third kappa shape index (κ3) is 4.26. The summed E-state index contributed by atoms with van der Waals surface area (Å²) in [5.74, 6) is 0.729. The normalized spacial score (nSPS) is 17.7. The van der Waals surface area contributed by atoms with Gasteiger partial charge in [0.05, 0.1) is 5.69 Å². The van der Waals surface area contributed by atoms with Crippen LogP contribution in [0.5, 0.6) is 0 Å². The van der Waals surface area contributed by atoms with E-state index in [0.29, 0.717) is 10.9 Å². The molecule has 0 bridgehead atoms. The van der Waals surface area contributed by atoms with Crippen molar-refractivity contribution in [2.45, 2.75) is 45.3 Å². The number of nitrogens with zero attached hydrogens (tertiary/aromatic N) is 3. The summed E-state index contributed by atoms with van der Waals surface area (Å²) in [5.41, 5.74) is 4.54. The number of rotatable bonds is 4. The smallest absolute Gasteiger partial charge is 0.270 e. The first kappa shape index (κ1) is 19.7. The fraction of sp³-hybridized carbons (Fsp3) is 0.476. The molecule has 2 heterocycles. The van der Waals surface area contributed by atoms with Crippen LogP contribution >= 0.6 is 11.8 Å². The number of nitriles is 1. The van der Waals surface area contributed by atoms with Gasteiger partial charge >= 0.3 is 0 Å². The number of thioether (sulfide) groups is 1. The number of nitrogens with one attached hydrogen (secondary N) is 1.